The molecular weight excluding hydrogens is 488 g/mol. The Morgan fingerprint density at radius 2 is 1.80 bits per heavy atom. The highest BCUT2D eigenvalue weighted by molar-refractivity contribution is 6.31. The molecule has 3 aromatic rings. The van der Waals surface area contributed by atoms with E-state index < -0.39 is 35.7 Å². The molecular formula is C24H21ClF4N4O2. The lowest BCUT2D eigenvalue weighted by Gasteiger charge is -2.38. The first-order chi connectivity index (χ1) is 16.5. The van der Waals surface area contributed by atoms with Gasteiger partial charge >= 0.3 is 6.18 Å². The Morgan fingerprint density at radius 3 is 2.49 bits per heavy atom. The molecule has 0 bridgehead atoms. The predicted molar refractivity (Wildman–Crippen MR) is 124 cm³/mol. The minimum atomic E-state index is -4.67. The number of amides is 2. The monoisotopic (exact) mass is 508 g/mol. The Kier molecular flexibility index (Phi) is 6.84. The van der Waals surface area contributed by atoms with Crippen LogP contribution in [0.1, 0.15) is 29.4 Å². The maximum Gasteiger partial charge on any atom is 0.433 e. The molecule has 0 spiro atoms. The highest BCUT2D eigenvalue weighted by Gasteiger charge is 2.35. The number of hydrogen-bond acceptors (Lipinski definition) is 4. The van der Waals surface area contributed by atoms with E-state index in [2.05, 4.69) is 15.6 Å². The van der Waals surface area contributed by atoms with Gasteiger partial charge in [0.05, 0.1) is 11.1 Å². The van der Waals surface area contributed by atoms with Crippen LogP contribution in [-0.4, -0.2) is 46.9 Å². The van der Waals surface area contributed by atoms with Crippen molar-refractivity contribution in [3.8, 4) is 0 Å². The normalized spacial score (nSPS) is 18.4. The van der Waals surface area contributed by atoms with E-state index in [1.54, 1.807) is 0 Å². The summed E-state index contributed by atoms with van der Waals surface area (Å²) in [5, 5.41) is 6.53. The number of nitrogens with zero attached hydrogens (tertiary/aromatic N) is 2. The summed E-state index contributed by atoms with van der Waals surface area (Å²) >= 11 is 6.07. The van der Waals surface area contributed by atoms with E-state index in [0.29, 0.717) is 10.4 Å². The number of aromatic nitrogens is 1. The first kappa shape index (κ1) is 24.7. The maximum atomic E-state index is 14.0. The van der Waals surface area contributed by atoms with Crippen molar-refractivity contribution >= 4 is 40.0 Å². The van der Waals surface area contributed by atoms with Gasteiger partial charge in [-0.1, -0.05) is 23.7 Å². The van der Waals surface area contributed by atoms with Gasteiger partial charge in [-0.3, -0.25) is 9.59 Å². The van der Waals surface area contributed by atoms with Crippen LogP contribution in [0.4, 0.5) is 23.2 Å². The minimum Gasteiger partial charge on any atom is -0.380 e. The van der Waals surface area contributed by atoms with E-state index in [0.717, 1.165) is 6.07 Å². The Morgan fingerprint density at radius 1 is 1.09 bits per heavy atom. The van der Waals surface area contributed by atoms with Gasteiger partial charge in [0, 0.05) is 48.2 Å². The van der Waals surface area contributed by atoms with Crippen molar-refractivity contribution < 1.29 is 27.2 Å². The lowest BCUT2D eigenvalue weighted by atomic mass is 9.99. The SMILES string of the molecule is CC(=O)N1C[C@@H](NC(=O)c2ccccc2F)C[C@@H](Nc2cc(C(F)(F)F)nc3ccc(Cl)cc23)C1. The van der Waals surface area contributed by atoms with E-state index in [9.17, 15) is 27.2 Å². The van der Waals surface area contributed by atoms with Gasteiger partial charge in [0.15, 0.2) is 0 Å². The number of anilines is 1. The Bertz CT molecular complexity index is 1280. The standard InChI is InChI=1S/C24H21ClF4N4O2/c1-13(34)33-11-15(9-16(12-33)31-23(35)17-4-2-3-5-19(17)26)30-21-10-22(24(27,28)29)32-20-7-6-14(25)8-18(20)21/h2-8,10,15-16H,9,11-12H2,1H3,(H,30,32)(H,31,35)/t15-,16+/m1/s1. The van der Waals surface area contributed by atoms with Gasteiger partial charge in [0.25, 0.3) is 5.91 Å². The van der Waals surface area contributed by atoms with Gasteiger partial charge in [-0.2, -0.15) is 13.2 Å². The number of piperidine rings is 1. The second-order valence-electron chi connectivity index (χ2n) is 8.37. The molecule has 1 aromatic heterocycles. The summed E-state index contributed by atoms with van der Waals surface area (Å²) < 4.78 is 54.5. The quantitative estimate of drug-likeness (QED) is 0.493. The molecule has 1 fully saturated rings. The summed E-state index contributed by atoms with van der Waals surface area (Å²) in [6, 6.07) is 9.70. The van der Waals surface area contributed by atoms with Gasteiger partial charge in [-0.15, -0.1) is 0 Å². The summed E-state index contributed by atoms with van der Waals surface area (Å²) in [5.41, 5.74) is -0.949. The fourth-order valence-corrected chi connectivity index (χ4v) is 4.33. The molecule has 0 aliphatic carbocycles. The third-order valence-electron chi connectivity index (χ3n) is 5.77. The molecule has 1 aliphatic rings. The third-order valence-corrected chi connectivity index (χ3v) is 6.01. The van der Waals surface area contributed by atoms with Crippen LogP contribution >= 0.6 is 11.6 Å². The predicted octanol–water partition coefficient (Wildman–Crippen LogP) is 4.88. The molecule has 2 aromatic carbocycles. The average Bonchev–Trinajstić information content (AvgIpc) is 2.78. The second-order valence-corrected chi connectivity index (χ2v) is 8.80. The molecule has 35 heavy (non-hydrogen) atoms. The molecule has 6 nitrogen and oxygen atoms in total. The lowest BCUT2D eigenvalue weighted by molar-refractivity contribution is -0.140. The smallest absolute Gasteiger partial charge is 0.380 e. The van der Waals surface area contributed by atoms with Crippen LogP contribution in [0.5, 0.6) is 0 Å². The van der Waals surface area contributed by atoms with Crippen LogP contribution in [0.25, 0.3) is 10.9 Å². The fourth-order valence-electron chi connectivity index (χ4n) is 4.16. The number of pyridine rings is 1. The fraction of sp³-hybridized carbons (Fsp3) is 0.292. The van der Waals surface area contributed by atoms with Crippen LogP contribution in [0.3, 0.4) is 0 Å². The van der Waals surface area contributed by atoms with Crippen molar-refractivity contribution in [1.82, 2.24) is 15.2 Å². The van der Waals surface area contributed by atoms with Crippen LogP contribution in [0.2, 0.25) is 5.02 Å². The first-order valence-corrected chi connectivity index (χ1v) is 11.1. The van der Waals surface area contributed by atoms with E-state index in [1.165, 1.54) is 54.3 Å². The molecule has 0 radical (unpaired) electrons. The Hall–Kier alpha value is -3.40. The number of nitrogens with one attached hydrogen (secondary N) is 2. The van der Waals surface area contributed by atoms with E-state index >= 15 is 0 Å². The number of likely N-dealkylation sites (tertiary alicyclic amines) is 1. The van der Waals surface area contributed by atoms with E-state index in [1.807, 2.05) is 0 Å². The summed E-state index contributed by atoms with van der Waals surface area (Å²) in [5.74, 6) is -1.59. The number of alkyl halides is 3. The van der Waals surface area contributed by atoms with Gasteiger partial charge in [-0.05, 0) is 42.8 Å². The first-order valence-electron chi connectivity index (χ1n) is 10.8. The van der Waals surface area contributed by atoms with Gasteiger partial charge in [0.2, 0.25) is 5.91 Å². The van der Waals surface area contributed by atoms with Crippen molar-refractivity contribution in [1.29, 1.82) is 0 Å². The topological polar surface area (TPSA) is 74.3 Å². The molecule has 1 saturated heterocycles. The molecule has 2 atom stereocenters. The molecule has 2 amide bonds. The van der Waals surface area contributed by atoms with Gasteiger partial charge < -0.3 is 15.5 Å². The summed E-state index contributed by atoms with van der Waals surface area (Å²) in [6.45, 7) is 1.75. The largest absolute Gasteiger partial charge is 0.433 e. The van der Waals surface area contributed by atoms with Crippen LogP contribution in [0, 0.1) is 5.82 Å². The molecule has 2 heterocycles. The second kappa shape index (κ2) is 9.69. The zero-order chi connectivity index (χ0) is 25.3. The lowest BCUT2D eigenvalue weighted by Crippen LogP contribution is -2.55. The summed E-state index contributed by atoms with van der Waals surface area (Å²) in [7, 11) is 0. The highest BCUT2D eigenvalue weighted by atomic mass is 35.5. The number of carbonyl (C=O) groups excluding carboxylic acids is 2. The zero-order valence-electron chi connectivity index (χ0n) is 18.5. The van der Waals surface area contributed by atoms with Gasteiger partial charge in [-0.25, -0.2) is 9.37 Å². The minimum absolute atomic E-state index is 0.107. The van der Waals surface area contributed by atoms with Crippen LogP contribution in [0.15, 0.2) is 48.5 Å². The summed E-state index contributed by atoms with van der Waals surface area (Å²) in [6.07, 6.45) is -4.38. The molecule has 0 saturated carbocycles. The number of benzene rings is 2. The molecule has 0 unspecified atom stereocenters. The molecule has 4 rings (SSSR count). The molecule has 2 N–H and O–H groups in total. The Balaban J connectivity index is 1.62. The third kappa shape index (κ3) is 5.64. The maximum absolute atomic E-state index is 14.0. The van der Waals surface area contributed by atoms with E-state index in [-0.39, 0.29) is 42.2 Å². The molecule has 184 valence electrons. The van der Waals surface area contributed by atoms with Gasteiger partial charge in [0.1, 0.15) is 11.5 Å². The molecule has 1 aliphatic heterocycles. The number of fused-ring (bicyclic) bond motifs is 1. The van der Waals surface area contributed by atoms with Crippen molar-refractivity contribution in [2.45, 2.75) is 31.6 Å². The van der Waals surface area contributed by atoms with Crippen molar-refractivity contribution in [2.24, 2.45) is 0 Å². The highest BCUT2D eigenvalue weighted by Crippen LogP contribution is 2.34. The van der Waals surface area contributed by atoms with Crippen LogP contribution < -0.4 is 10.6 Å². The number of halogens is 5. The number of hydrogen-bond donors (Lipinski definition) is 2. The number of rotatable bonds is 4. The van der Waals surface area contributed by atoms with Crippen LogP contribution in [-0.2, 0) is 11.0 Å². The summed E-state index contributed by atoms with van der Waals surface area (Å²) in [4.78, 5) is 29.9. The zero-order valence-corrected chi connectivity index (χ0v) is 19.3. The number of carbonyl (C=O) groups is 2. The van der Waals surface area contributed by atoms with Crippen molar-refractivity contribution in [3.05, 3.63) is 70.6 Å². The van der Waals surface area contributed by atoms with Crippen molar-refractivity contribution in [3.63, 3.8) is 0 Å². The van der Waals surface area contributed by atoms with E-state index in [4.69, 9.17) is 11.6 Å². The average molecular weight is 509 g/mol. The Labute approximate surface area is 203 Å². The van der Waals surface area contributed by atoms with Crippen molar-refractivity contribution in [2.75, 3.05) is 18.4 Å². The molecule has 11 heteroatoms.